The van der Waals surface area contributed by atoms with E-state index in [0.29, 0.717) is 25.3 Å². The Morgan fingerprint density at radius 2 is 2.07 bits per heavy atom. The van der Waals surface area contributed by atoms with Gasteiger partial charge in [0.25, 0.3) is 5.91 Å². The fourth-order valence-electron chi connectivity index (χ4n) is 3.81. The normalized spacial score (nSPS) is 16.7. The number of ether oxygens (including phenoxy) is 1. The van der Waals surface area contributed by atoms with Gasteiger partial charge >= 0.3 is 0 Å². The average Bonchev–Trinajstić information content (AvgIpc) is 3.06. The van der Waals surface area contributed by atoms with Gasteiger partial charge in [-0.25, -0.2) is 0 Å². The number of pyridine rings is 1. The van der Waals surface area contributed by atoms with Gasteiger partial charge in [-0.1, -0.05) is 23.7 Å². The first-order valence-electron chi connectivity index (χ1n) is 10.0. The standard InChI is InChI=1S/C23H25ClN4O2/c1-15-9-18(10-17-5-4-6-19(24)11-17)12-21(26-15)22-14-28(7-8-30-22)23(29)20-13-25-27(3)16(20)2/h4-6,9,11-13,22H,7-8,10,14H2,1-3H3/t22-/m0/s1. The van der Waals surface area contributed by atoms with Gasteiger partial charge in [0, 0.05) is 30.0 Å². The van der Waals surface area contributed by atoms with Gasteiger partial charge in [0.15, 0.2) is 0 Å². The molecule has 1 fully saturated rings. The summed E-state index contributed by atoms with van der Waals surface area (Å²) in [7, 11) is 1.84. The minimum atomic E-state index is -0.252. The van der Waals surface area contributed by atoms with Crippen LogP contribution in [0.4, 0.5) is 0 Å². The highest BCUT2D eigenvalue weighted by Crippen LogP contribution is 2.25. The summed E-state index contributed by atoms with van der Waals surface area (Å²) in [5.74, 6) is -0.0132. The van der Waals surface area contributed by atoms with E-state index in [1.807, 2.05) is 44.0 Å². The summed E-state index contributed by atoms with van der Waals surface area (Å²) >= 11 is 6.13. The smallest absolute Gasteiger partial charge is 0.257 e. The van der Waals surface area contributed by atoms with Crippen LogP contribution in [-0.4, -0.2) is 45.3 Å². The lowest BCUT2D eigenvalue weighted by Crippen LogP contribution is -2.42. The van der Waals surface area contributed by atoms with E-state index >= 15 is 0 Å². The van der Waals surface area contributed by atoms with Crippen molar-refractivity contribution in [2.75, 3.05) is 19.7 Å². The third-order valence-electron chi connectivity index (χ3n) is 5.48. The van der Waals surface area contributed by atoms with E-state index in [4.69, 9.17) is 21.3 Å². The van der Waals surface area contributed by atoms with Crippen molar-refractivity contribution in [1.29, 1.82) is 0 Å². The Morgan fingerprint density at radius 3 is 2.80 bits per heavy atom. The van der Waals surface area contributed by atoms with Gasteiger partial charge in [0.05, 0.1) is 30.6 Å². The highest BCUT2D eigenvalue weighted by molar-refractivity contribution is 6.30. The van der Waals surface area contributed by atoms with Crippen molar-refractivity contribution in [2.45, 2.75) is 26.4 Å². The number of nitrogens with zero attached hydrogens (tertiary/aromatic N) is 4. The second-order valence-corrected chi connectivity index (χ2v) is 8.16. The number of morpholine rings is 1. The summed E-state index contributed by atoms with van der Waals surface area (Å²) in [5, 5.41) is 4.93. The van der Waals surface area contributed by atoms with Gasteiger partial charge in [0.1, 0.15) is 6.10 Å². The minimum absolute atomic E-state index is 0.0132. The highest BCUT2D eigenvalue weighted by atomic mass is 35.5. The van der Waals surface area contributed by atoms with Crippen LogP contribution in [0.2, 0.25) is 5.02 Å². The van der Waals surface area contributed by atoms with E-state index in [-0.39, 0.29) is 12.0 Å². The Labute approximate surface area is 181 Å². The third-order valence-corrected chi connectivity index (χ3v) is 5.71. The maximum absolute atomic E-state index is 13.0. The average molecular weight is 425 g/mol. The van der Waals surface area contributed by atoms with Gasteiger partial charge < -0.3 is 9.64 Å². The van der Waals surface area contributed by atoms with Crippen molar-refractivity contribution in [2.24, 2.45) is 7.05 Å². The molecule has 156 valence electrons. The van der Waals surface area contributed by atoms with Crippen LogP contribution in [0, 0.1) is 13.8 Å². The summed E-state index contributed by atoms with van der Waals surface area (Å²) in [6, 6.07) is 12.0. The molecule has 3 heterocycles. The topological polar surface area (TPSA) is 60.2 Å². The second kappa shape index (κ2) is 8.58. The van der Waals surface area contributed by atoms with Crippen LogP contribution in [0.3, 0.4) is 0 Å². The fourth-order valence-corrected chi connectivity index (χ4v) is 4.02. The van der Waals surface area contributed by atoms with Gasteiger partial charge in [0.2, 0.25) is 0 Å². The van der Waals surface area contributed by atoms with Gasteiger partial charge in [-0.15, -0.1) is 0 Å². The number of aromatic nitrogens is 3. The summed E-state index contributed by atoms with van der Waals surface area (Å²) in [6.45, 7) is 5.40. The van der Waals surface area contributed by atoms with E-state index < -0.39 is 0 Å². The van der Waals surface area contributed by atoms with Crippen molar-refractivity contribution in [1.82, 2.24) is 19.7 Å². The number of carbonyl (C=O) groups excluding carboxylic acids is 1. The van der Waals surface area contributed by atoms with Crippen molar-refractivity contribution < 1.29 is 9.53 Å². The molecular weight excluding hydrogens is 400 g/mol. The van der Waals surface area contributed by atoms with E-state index in [1.54, 1.807) is 10.9 Å². The largest absolute Gasteiger partial charge is 0.368 e. The van der Waals surface area contributed by atoms with E-state index in [0.717, 1.165) is 39.7 Å². The third kappa shape index (κ3) is 4.40. The first-order valence-corrected chi connectivity index (χ1v) is 10.4. The van der Waals surface area contributed by atoms with Crippen LogP contribution >= 0.6 is 11.6 Å². The molecule has 1 aliphatic rings. The monoisotopic (exact) mass is 424 g/mol. The molecule has 1 aliphatic heterocycles. The van der Waals surface area contributed by atoms with Crippen LogP contribution in [0.5, 0.6) is 0 Å². The van der Waals surface area contributed by atoms with Crippen molar-refractivity contribution >= 4 is 17.5 Å². The van der Waals surface area contributed by atoms with Crippen LogP contribution in [0.25, 0.3) is 0 Å². The summed E-state index contributed by atoms with van der Waals surface area (Å²) in [5.41, 5.74) is 5.58. The molecule has 30 heavy (non-hydrogen) atoms. The number of benzene rings is 1. The Morgan fingerprint density at radius 1 is 1.23 bits per heavy atom. The van der Waals surface area contributed by atoms with Crippen molar-refractivity contribution in [3.8, 4) is 0 Å². The van der Waals surface area contributed by atoms with Gasteiger partial charge in [-0.3, -0.25) is 14.5 Å². The molecule has 1 atom stereocenters. The molecule has 0 spiro atoms. The SMILES string of the molecule is Cc1cc(Cc2cccc(Cl)c2)cc([C@@H]2CN(C(=O)c3cnn(C)c3C)CCO2)n1. The van der Waals surface area contributed by atoms with Gasteiger partial charge in [-0.05, 0) is 55.7 Å². The maximum Gasteiger partial charge on any atom is 0.257 e. The van der Waals surface area contributed by atoms with E-state index in [9.17, 15) is 4.79 Å². The minimum Gasteiger partial charge on any atom is -0.368 e. The molecule has 2 aromatic heterocycles. The molecule has 3 aromatic rings. The zero-order valence-corrected chi connectivity index (χ0v) is 18.2. The molecule has 6 nitrogen and oxygen atoms in total. The van der Waals surface area contributed by atoms with Crippen LogP contribution in [-0.2, 0) is 18.2 Å². The zero-order chi connectivity index (χ0) is 21.3. The quantitative estimate of drug-likeness (QED) is 0.637. The molecule has 0 aliphatic carbocycles. The number of aryl methyl sites for hydroxylation is 2. The molecule has 0 radical (unpaired) electrons. The van der Waals surface area contributed by atoms with Crippen LogP contribution in [0.1, 0.15) is 44.7 Å². The number of hydrogen-bond acceptors (Lipinski definition) is 4. The Hall–Kier alpha value is -2.70. The lowest BCUT2D eigenvalue weighted by atomic mass is 10.0. The second-order valence-electron chi connectivity index (χ2n) is 7.73. The maximum atomic E-state index is 13.0. The molecular formula is C23H25ClN4O2. The number of amides is 1. The van der Waals surface area contributed by atoms with Gasteiger partial charge in [-0.2, -0.15) is 5.10 Å². The lowest BCUT2D eigenvalue weighted by molar-refractivity contribution is -0.0248. The molecule has 0 unspecified atom stereocenters. The van der Waals surface area contributed by atoms with Crippen molar-refractivity contribution in [3.05, 3.63) is 81.4 Å². The number of halogens is 1. The molecule has 7 heteroatoms. The first-order chi connectivity index (χ1) is 14.4. The molecule has 0 bridgehead atoms. The molecule has 1 saturated heterocycles. The fraction of sp³-hybridized carbons (Fsp3) is 0.348. The highest BCUT2D eigenvalue weighted by Gasteiger charge is 2.29. The molecule has 4 rings (SSSR count). The zero-order valence-electron chi connectivity index (χ0n) is 17.4. The summed E-state index contributed by atoms with van der Waals surface area (Å²) in [4.78, 5) is 19.5. The predicted molar refractivity (Wildman–Crippen MR) is 116 cm³/mol. The Bertz CT molecular complexity index is 1080. The van der Waals surface area contributed by atoms with E-state index in [1.165, 1.54) is 0 Å². The summed E-state index contributed by atoms with van der Waals surface area (Å²) < 4.78 is 7.71. The molecule has 1 amide bonds. The Balaban J connectivity index is 1.54. The number of hydrogen-bond donors (Lipinski definition) is 0. The Kier molecular flexibility index (Phi) is 5.88. The lowest BCUT2D eigenvalue weighted by Gasteiger charge is -2.33. The number of rotatable bonds is 4. The number of carbonyl (C=O) groups is 1. The molecule has 0 N–H and O–H groups in total. The van der Waals surface area contributed by atoms with Crippen molar-refractivity contribution in [3.63, 3.8) is 0 Å². The van der Waals surface area contributed by atoms with Crippen LogP contribution < -0.4 is 0 Å². The van der Waals surface area contributed by atoms with Crippen LogP contribution in [0.15, 0.2) is 42.6 Å². The molecule has 1 aromatic carbocycles. The molecule has 0 saturated carbocycles. The first kappa shape index (κ1) is 20.6. The predicted octanol–water partition coefficient (Wildman–Crippen LogP) is 3.89. The van der Waals surface area contributed by atoms with E-state index in [2.05, 4.69) is 23.3 Å². The summed E-state index contributed by atoms with van der Waals surface area (Å²) in [6.07, 6.45) is 2.15.